The molecule has 1 aromatic carbocycles. The van der Waals surface area contributed by atoms with E-state index in [0.717, 1.165) is 25.2 Å². The molecule has 25 heavy (non-hydrogen) atoms. The first-order valence-corrected chi connectivity index (χ1v) is 8.76. The second-order valence-corrected chi connectivity index (χ2v) is 6.54. The average Bonchev–Trinajstić information content (AvgIpc) is 2.64. The van der Waals surface area contributed by atoms with Crippen LogP contribution in [0.4, 0.5) is 5.69 Å². The highest BCUT2D eigenvalue weighted by atomic mass is 16.5. The van der Waals surface area contributed by atoms with E-state index < -0.39 is 0 Å². The molecule has 2 aromatic rings. The maximum absolute atomic E-state index is 12.6. The molecule has 5 heteroatoms. The summed E-state index contributed by atoms with van der Waals surface area (Å²) in [6.07, 6.45) is 4.24. The molecule has 3 rings (SSSR count). The average molecular weight is 339 g/mol. The Morgan fingerprint density at radius 3 is 2.80 bits per heavy atom. The Kier molecular flexibility index (Phi) is 5.66. The summed E-state index contributed by atoms with van der Waals surface area (Å²) in [5.41, 5.74) is 4.08. The number of morpholine rings is 1. The van der Waals surface area contributed by atoms with Crippen molar-refractivity contribution in [3.8, 4) is 0 Å². The minimum atomic E-state index is -0.0799. The van der Waals surface area contributed by atoms with E-state index in [-0.39, 0.29) is 11.9 Å². The molecule has 0 radical (unpaired) electrons. The zero-order chi connectivity index (χ0) is 17.6. The van der Waals surface area contributed by atoms with Crippen LogP contribution < -0.4 is 10.2 Å². The number of pyridine rings is 1. The molecule has 1 aliphatic heterocycles. The highest BCUT2D eigenvalue weighted by Gasteiger charge is 2.15. The fraction of sp³-hybridized carbons (Fsp3) is 0.400. The van der Waals surface area contributed by atoms with Crippen molar-refractivity contribution in [3.63, 3.8) is 0 Å². The monoisotopic (exact) mass is 339 g/mol. The Hall–Kier alpha value is -2.40. The molecule has 1 aromatic heterocycles. The number of carbonyl (C=O) groups is 1. The number of aryl methyl sites for hydroxylation is 1. The van der Waals surface area contributed by atoms with Crippen molar-refractivity contribution in [2.45, 2.75) is 26.3 Å². The molecule has 1 unspecified atom stereocenters. The number of amides is 1. The minimum absolute atomic E-state index is 0.0562. The van der Waals surface area contributed by atoms with Gasteiger partial charge >= 0.3 is 0 Å². The van der Waals surface area contributed by atoms with Crippen molar-refractivity contribution >= 4 is 11.6 Å². The van der Waals surface area contributed by atoms with Gasteiger partial charge in [-0.15, -0.1) is 0 Å². The minimum Gasteiger partial charge on any atom is -0.378 e. The highest BCUT2D eigenvalue weighted by molar-refractivity contribution is 5.94. The van der Waals surface area contributed by atoms with Gasteiger partial charge in [0, 0.05) is 25.3 Å². The Bertz CT molecular complexity index is 726. The fourth-order valence-corrected chi connectivity index (χ4v) is 3.07. The smallest absolute Gasteiger partial charge is 0.253 e. The lowest BCUT2D eigenvalue weighted by Gasteiger charge is -2.28. The predicted molar refractivity (Wildman–Crippen MR) is 99.1 cm³/mol. The van der Waals surface area contributed by atoms with Crippen molar-refractivity contribution in [1.29, 1.82) is 0 Å². The third-order valence-electron chi connectivity index (χ3n) is 4.53. The van der Waals surface area contributed by atoms with Crippen molar-refractivity contribution in [3.05, 3.63) is 59.4 Å². The molecule has 2 heterocycles. The van der Waals surface area contributed by atoms with Crippen LogP contribution in [0.15, 0.2) is 42.7 Å². The summed E-state index contributed by atoms with van der Waals surface area (Å²) in [7, 11) is 0. The van der Waals surface area contributed by atoms with Gasteiger partial charge in [0.25, 0.3) is 5.91 Å². The number of carbonyl (C=O) groups excluding carboxylic acids is 1. The summed E-state index contributed by atoms with van der Waals surface area (Å²) >= 11 is 0. The van der Waals surface area contributed by atoms with Crippen LogP contribution in [0, 0.1) is 6.92 Å². The van der Waals surface area contributed by atoms with Gasteiger partial charge < -0.3 is 15.0 Å². The molecule has 132 valence electrons. The standard InChI is InChI=1S/C20H25N3O2/c1-15-5-3-4-6-17(15)11-16(2)22-20(24)18-12-19(14-21-13-18)23-7-9-25-10-8-23/h3-6,12-14,16H,7-11H2,1-2H3,(H,22,24). The van der Waals surface area contributed by atoms with Crippen molar-refractivity contribution < 1.29 is 9.53 Å². The van der Waals surface area contributed by atoms with Crippen LogP contribution in [0.3, 0.4) is 0 Å². The topological polar surface area (TPSA) is 54.5 Å². The second-order valence-electron chi connectivity index (χ2n) is 6.54. The molecule has 1 N–H and O–H groups in total. The lowest BCUT2D eigenvalue weighted by atomic mass is 10.0. The zero-order valence-electron chi connectivity index (χ0n) is 14.9. The molecule has 0 aliphatic carbocycles. The number of benzene rings is 1. The molecule has 1 fully saturated rings. The maximum atomic E-state index is 12.6. The van der Waals surface area contributed by atoms with Gasteiger partial charge in [0.2, 0.25) is 0 Å². The Labute approximate surface area is 149 Å². The van der Waals surface area contributed by atoms with E-state index in [1.807, 2.05) is 25.1 Å². The Morgan fingerprint density at radius 1 is 1.28 bits per heavy atom. The quantitative estimate of drug-likeness (QED) is 0.910. The number of anilines is 1. The highest BCUT2D eigenvalue weighted by Crippen LogP contribution is 2.16. The number of rotatable bonds is 5. The van der Waals surface area contributed by atoms with Crippen molar-refractivity contribution in [2.24, 2.45) is 0 Å². The Balaban J connectivity index is 1.63. The third-order valence-corrected chi connectivity index (χ3v) is 4.53. The fourth-order valence-electron chi connectivity index (χ4n) is 3.07. The van der Waals surface area contributed by atoms with Crippen LogP contribution in [0.5, 0.6) is 0 Å². The van der Waals surface area contributed by atoms with E-state index in [1.54, 1.807) is 12.4 Å². The summed E-state index contributed by atoms with van der Waals surface area (Å²) in [4.78, 5) is 19.0. The lowest BCUT2D eigenvalue weighted by molar-refractivity contribution is 0.0939. The molecular weight excluding hydrogens is 314 g/mol. The second kappa shape index (κ2) is 8.12. The lowest BCUT2D eigenvalue weighted by Crippen LogP contribution is -2.37. The van der Waals surface area contributed by atoms with Gasteiger partial charge in [-0.2, -0.15) is 0 Å². The van der Waals surface area contributed by atoms with Crippen molar-refractivity contribution in [1.82, 2.24) is 10.3 Å². The zero-order valence-corrected chi connectivity index (χ0v) is 14.9. The summed E-state index contributed by atoms with van der Waals surface area (Å²) in [5, 5.41) is 3.08. The number of ether oxygens (including phenoxy) is 1. The van der Waals surface area contributed by atoms with Crippen LogP contribution in [0.2, 0.25) is 0 Å². The maximum Gasteiger partial charge on any atom is 0.253 e. The van der Waals surface area contributed by atoms with Crippen LogP contribution in [0.25, 0.3) is 0 Å². The number of nitrogens with one attached hydrogen (secondary N) is 1. The van der Waals surface area contributed by atoms with Gasteiger partial charge in [0.05, 0.1) is 30.7 Å². The van der Waals surface area contributed by atoms with E-state index in [2.05, 4.69) is 34.3 Å². The largest absolute Gasteiger partial charge is 0.378 e. The van der Waals surface area contributed by atoms with Gasteiger partial charge in [-0.05, 0) is 37.5 Å². The van der Waals surface area contributed by atoms with Gasteiger partial charge in [-0.25, -0.2) is 0 Å². The van der Waals surface area contributed by atoms with Gasteiger partial charge in [-0.1, -0.05) is 24.3 Å². The van der Waals surface area contributed by atoms with Crippen molar-refractivity contribution in [2.75, 3.05) is 31.2 Å². The molecule has 0 bridgehead atoms. The molecule has 1 saturated heterocycles. The Morgan fingerprint density at radius 2 is 2.04 bits per heavy atom. The first-order valence-electron chi connectivity index (χ1n) is 8.76. The van der Waals surface area contributed by atoms with Crippen LogP contribution in [-0.2, 0) is 11.2 Å². The van der Waals surface area contributed by atoms with Gasteiger partial charge in [0.15, 0.2) is 0 Å². The summed E-state index contributed by atoms with van der Waals surface area (Å²) in [6, 6.07) is 10.2. The molecule has 1 amide bonds. The normalized spacial score (nSPS) is 15.7. The van der Waals surface area contributed by atoms with E-state index >= 15 is 0 Å². The predicted octanol–water partition coefficient (Wildman–Crippen LogP) is 2.59. The molecule has 1 atom stereocenters. The van der Waals surface area contributed by atoms with E-state index in [1.165, 1.54) is 11.1 Å². The molecule has 0 saturated carbocycles. The molecular formula is C20H25N3O2. The molecule has 0 spiro atoms. The molecule has 5 nitrogen and oxygen atoms in total. The van der Waals surface area contributed by atoms with Crippen LogP contribution >= 0.6 is 0 Å². The summed E-state index contributed by atoms with van der Waals surface area (Å²) in [5.74, 6) is -0.0799. The van der Waals surface area contributed by atoms with E-state index in [4.69, 9.17) is 4.74 Å². The third kappa shape index (κ3) is 4.57. The number of hydrogen-bond acceptors (Lipinski definition) is 4. The van der Waals surface area contributed by atoms with Gasteiger partial charge in [0.1, 0.15) is 0 Å². The summed E-state index contributed by atoms with van der Waals surface area (Å²) in [6.45, 7) is 7.21. The molecule has 1 aliphatic rings. The number of aromatic nitrogens is 1. The van der Waals surface area contributed by atoms with E-state index in [9.17, 15) is 4.79 Å². The van der Waals surface area contributed by atoms with Gasteiger partial charge in [-0.3, -0.25) is 9.78 Å². The van der Waals surface area contributed by atoms with E-state index in [0.29, 0.717) is 18.8 Å². The first kappa shape index (κ1) is 17.4. The summed E-state index contributed by atoms with van der Waals surface area (Å²) < 4.78 is 5.38. The SMILES string of the molecule is Cc1ccccc1CC(C)NC(=O)c1cncc(N2CCOCC2)c1. The number of hydrogen-bond donors (Lipinski definition) is 1. The van der Waals surface area contributed by atoms with Crippen LogP contribution in [-0.4, -0.2) is 43.2 Å². The van der Waals surface area contributed by atoms with Crippen LogP contribution in [0.1, 0.15) is 28.4 Å². The number of nitrogens with zero attached hydrogens (tertiary/aromatic N) is 2. The first-order chi connectivity index (χ1) is 12.1.